The van der Waals surface area contributed by atoms with Crippen molar-refractivity contribution in [2.24, 2.45) is 0 Å². The second kappa shape index (κ2) is 5.97. The molecule has 0 amide bonds. The molecule has 8 heavy (non-hydrogen) atoms. The number of hydrogen-bond acceptors (Lipinski definition) is 4. The van der Waals surface area contributed by atoms with E-state index >= 15 is 0 Å². The molecule has 0 bridgehead atoms. The molecule has 0 saturated heterocycles. The highest BCUT2D eigenvalue weighted by molar-refractivity contribution is 4.51. The SMILES string of the molecule is CO.c1ncncn1. The van der Waals surface area contributed by atoms with Crippen LogP contribution in [0.5, 0.6) is 0 Å². The third kappa shape index (κ3) is 3.17. The van der Waals surface area contributed by atoms with Crippen molar-refractivity contribution in [1.29, 1.82) is 0 Å². The summed E-state index contributed by atoms with van der Waals surface area (Å²) in [6.07, 6.45) is 4.31. The predicted molar refractivity (Wildman–Crippen MR) is 28.0 cm³/mol. The average molecular weight is 113 g/mol. The molecule has 4 nitrogen and oxygen atoms in total. The summed E-state index contributed by atoms with van der Waals surface area (Å²) >= 11 is 0. The lowest BCUT2D eigenvalue weighted by Crippen LogP contribution is -1.73. The summed E-state index contributed by atoms with van der Waals surface area (Å²) in [7, 11) is 1.00. The number of aromatic nitrogens is 3. The summed E-state index contributed by atoms with van der Waals surface area (Å²) in [5.74, 6) is 0. The first-order valence-electron chi connectivity index (χ1n) is 2.00. The van der Waals surface area contributed by atoms with Crippen LogP contribution in [0.25, 0.3) is 0 Å². The Labute approximate surface area is 47.3 Å². The Morgan fingerprint density at radius 1 is 0.875 bits per heavy atom. The van der Waals surface area contributed by atoms with Crippen molar-refractivity contribution in [2.75, 3.05) is 7.11 Å². The molecule has 1 aromatic rings. The Bertz CT molecular complexity index is 83.2. The van der Waals surface area contributed by atoms with Crippen LogP contribution in [0.2, 0.25) is 0 Å². The van der Waals surface area contributed by atoms with E-state index in [0.717, 1.165) is 7.11 Å². The van der Waals surface area contributed by atoms with Crippen LogP contribution >= 0.6 is 0 Å². The van der Waals surface area contributed by atoms with Crippen molar-refractivity contribution in [3.8, 4) is 0 Å². The van der Waals surface area contributed by atoms with Gasteiger partial charge >= 0.3 is 0 Å². The Kier molecular flexibility index (Phi) is 5.20. The molecule has 0 aliphatic heterocycles. The van der Waals surface area contributed by atoms with Crippen LogP contribution < -0.4 is 0 Å². The minimum atomic E-state index is 1.00. The first-order valence-corrected chi connectivity index (χ1v) is 2.00. The van der Waals surface area contributed by atoms with Crippen LogP contribution in [-0.4, -0.2) is 27.2 Å². The van der Waals surface area contributed by atoms with Gasteiger partial charge in [-0.2, -0.15) is 0 Å². The molecule has 0 aromatic carbocycles. The van der Waals surface area contributed by atoms with Crippen molar-refractivity contribution in [3.05, 3.63) is 19.0 Å². The van der Waals surface area contributed by atoms with E-state index in [2.05, 4.69) is 15.0 Å². The fourth-order valence-corrected chi connectivity index (χ4v) is 0.205. The van der Waals surface area contributed by atoms with Crippen LogP contribution in [0.3, 0.4) is 0 Å². The first-order chi connectivity index (χ1) is 4.00. The maximum Gasteiger partial charge on any atom is 0.119 e. The molecule has 0 unspecified atom stereocenters. The molecule has 0 aliphatic rings. The molecule has 0 fully saturated rings. The second-order valence-corrected chi connectivity index (χ2v) is 0.794. The standard InChI is InChI=1S/C3H3N3.CH4O/c1-4-2-6-3-5-1;1-2/h1-3H;2H,1H3. The zero-order chi connectivity index (χ0) is 6.24. The molecule has 4 heteroatoms. The molecule has 0 atom stereocenters. The molecule has 0 aliphatic carbocycles. The van der Waals surface area contributed by atoms with Crippen molar-refractivity contribution in [3.63, 3.8) is 0 Å². The van der Waals surface area contributed by atoms with Gasteiger partial charge in [0.1, 0.15) is 19.0 Å². The monoisotopic (exact) mass is 113 g/mol. The van der Waals surface area contributed by atoms with Crippen molar-refractivity contribution in [2.45, 2.75) is 0 Å². The first kappa shape index (κ1) is 6.97. The Morgan fingerprint density at radius 2 is 1.12 bits per heavy atom. The van der Waals surface area contributed by atoms with Crippen LogP contribution in [0.1, 0.15) is 0 Å². The smallest absolute Gasteiger partial charge is 0.119 e. The summed E-state index contributed by atoms with van der Waals surface area (Å²) in [4.78, 5) is 10.7. The largest absolute Gasteiger partial charge is 0.400 e. The number of rotatable bonds is 0. The molecule has 1 rings (SSSR count). The van der Waals surface area contributed by atoms with Crippen LogP contribution in [-0.2, 0) is 0 Å². The quantitative estimate of drug-likeness (QED) is 0.491. The van der Waals surface area contributed by atoms with Gasteiger partial charge in [0, 0.05) is 7.11 Å². The Balaban J connectivity index is 0.000000222. The van der Waals surface area contributed by atoms with Gasteiger partial charge < -0.3 is 5.11 Å². The van der Waals surface area contributed by atoms with E-state index < -0.39 is 0 Å². The summed E-state index contributed by atoms with van der Waals surface area (Å²) in [5.41, 5.74) is 0. The molecule has 1 aromatic heterocycles. The van der Waals surface area contributed by atoms with Gasteiger partial charge in [-0.25, -0.2) is 15.0 Å². The summed E-state index contributed by atoms with van der Waals surface area (Å²) in [5, 5.41) is 7.00. The normalized spacial score (nSPS) is 6.75. The van der Waals surface area contributed by atoms with Gasteiger partial charge in [0.15, 0.2) is 0 Å². The zero-order valence-corrected chi connectivity index (χ0v) is 4.52. The van der Waals surface area contributed by atoms with E-state index in [0.29, 0.717) is 0 Å². The number of aliphatic hydroxyl groups excluding tert-OH is 1. The minimum Gasteiger partial charge on any atom is -0.400 e. The molecule has 0 saturated carbocycles. The third-order valence-corrected chi connectivity index (χ3v) is 0.400. The number of nitrogens with zero attached hydrogens (tertiary/aromatic N) is 3. The molecule has 1 heterocycles. The highest BCUT2D eigenvalue weighted by Gasteiger charge is 1.59. The maximum absolute atomic E-state index is 7.00. The highest BCUT2D eigenvalue weighted by atomic mass is 16.2. The summed E-state index contributed by atoms with van der Waals surface area (Å²) in [6, 6.07) is 0. The lowest BCUT2D eigenvalue weighted by Gasteiger charge is -1.69. The third-order valence-electron chi connectivity index (χ3n) is 0.400. The Morgan fingerprint density at radius 3 is 1.25 bits per heavy atom. The van der Waals surface area contributed by atoms with Gasteiger partial charge in [-0.05, 0) is 0 Å². The second-order valence-electron chi connectivity index (χ2n) is 0.794. The zero-order valence-electron chi connectivity index (χ0n) is 4.52. The molecular weight excluding hydrogens is 106 g/mol. The van der Waals surface area contributed by atoms with Gasteiger partial charge in [0.25, 0.3) is 0 Å². The lowest BCUT2D eigenvalue weighted by molar-refractivity contribution is 0.399. The lowest BCUT2D eigenvalue weighted by atomic mass is 11.1. The van der Waals surface area contributed by atoms with Crippen LogP contribution in [0.4, 0.5) is 0 Å². The Hall–Kier alpha value is -1.03. The molecule has 1 N–H and O–H groups in total. The van der Waals surface area contributed by atoms with Crippen LogP contribution in [0.15, 0.2) is 19.0 Å². The number of hydrogen-bond donors (Lipinski definition) is 1. The van der Waals surface area contributed by atoms with Gasteiger partial charge in [0.05, 0.1) is 0 Å². The van der Waals surface area contributed by atoms with Crippen LogP contribution in [0, 0.1) is 0 Å². The van der Waals surface area contributed by atoms with Crippen molar-refractivity contribution in [1.82, 2.24) is 15.0 Å². The summed E-state index contributed by atoms with van der Waals surface area (Å²) in [6.45, 7) is 0. The topological polar surface area (TPSA) is 58.9 Å². The fourth-order valence-electron chi connectivity index (χ4n) is 0.205. The van der Waals surface area contributed by atoms with Gasteiger partial charge in [-0.15, -0.1) is 0 Å². The molecule has 44 valence electrons. The van der Waals surface area contributed by atoms with Gasteiger partial charge in [0.2, 0.25) is 0 Å². The predicted octanol–water partition coefficient (Wildman–Crippen LogP) is -0.520. The van der Waals surface area contributed by atoms with Crippen molar-refractivity contribution < 1.29 is 5.11 Å². The van der Waals surface area contributed by atoms with E-state index in [-0.39, 0.29) is 0 Å². The van der Waals surface area contributed by atoms with E-state index in [1.165, 1.54) is 19.0 Å². The summed E-state index contributed by atoms with van der Waals surface area (Å²) < 4.78 is 0. The maximum atomic E-state index is 7.00. The minimum absolute atomic E-state index is 1.00. The average Bonchev–Trinajstić information content (AvgIpc) is 1.96. The fraction of sp³-hybridized carbons (Fsp3) is 0.250. The van der Waals surface area contributed by atoms with E-state index in [1.807, 2.05) is 0 Å². The van der Waals surface area contributed by atoms with E-state index in [9.17, 15) is 0 Å². The molecule has 0 spiro atoms. The van der Waals surface area contributed by atoms with Crippen molar-refractivity contribution >= 4 is 0 Å². The van der Waals surface area contributed by atoms with Gasteiger partial charge in [-0.1, -0.05) is 0 Å². The van der Waals surface area contributed by atoms with E-state index in [4.69, 9.17) is 5.11 Å². The molecule has 0 radical (unpaired) electrons. The highest BCUT2D eigenvalue weighted by Crippen LogP contribution is 1.57. The number of aliphatic hydroxyl groups is 1. The molecular formula is C4H7N3O. The van der Waals surface area contributed by atoms with E-state index in [1.54, 1.807) is 0 Å². The van der Waals surface area contributed by atoms with Gasteiger partial charge in [-0.3, -0.25) is 0 Å².